The average Bonchev–Trinajstić information content (AvgIpc) is 3.14. The molecule has 1 atom stereocenters. The fraction of sp³-hybridized carbons (Fsp3) is 0.400. The van der Waals surface area contributed by atoms with E-state index in [1.165, 1.54) is 18.4 Å². The molecule has 1 N–H and O–H groups in total. The number of aliphatic hydroxyl groups excluding tert-OH is 1. The van der Waals surface area contributed by atoms with Crippen molar-refractivity contribution in [3.8, 4) is 0 Å². The van der Waals surface area contributed by atoms with Gasteiger partial charge < -0.3 is 5.11 Å². The van der Waals surface area contributed by atoms with E-state index in [0.29, 0.717) is 6.42 Å². The van der Waals surface area contributed by atoms with Gasteiger partial charge in [0.2, 0.25) is 0 Å². The maximum Gasteiger partial charge on any atom is 0.0957 e. The molecule has 1 aromatic heterocycles. The van der Waals surface area contributed by atoms with E-state index in [1.54, 1.807) is 11.3 Å². The Kier molecular flexibility index (Phi) is 3.18. The Morgan fingerprint density at radius 3 is 2.61 bits per heavy atom. The van der Waals surface area contributed by atoms with Gasteiger partial charge in [-0.3, -0.25) is 0 Å². The first-order valence-corrected chi connectivity index (χ1v) is 7.29. The molecular weight excluding hydrogens is 242 g/mol. The van der Waals surface area contributed by atoms with E-state index in [2.05, 4.69) is 29.2 Å². The molecule has 18 heavy (non-hydrogen) atoms. The molecule has 0 aliphatic heterocycles. The first-order chi connectivity index (χ1) is 8.72. The molecule has 2 aromatic rings. The molecule has 0 saturated heterocycles. The van der Waals surface area contributed by atoms with Crippen molar-refractivity contribution in [3.63, 3.8) is 0 Å². The summed E-state index contributed by atoms with van der Waals surface area (Å²) in [5.74, 6) is 0.776. The number of rotatable bonds is 4. The molecule has 1 saturated carbocycles. The fourth-order valence-corrected chi connectivity index (χ4v) is 3.00. The van der Waals surface area contributed by atoms with Crippen molar-refractivity contribution in [2.75, 3.05) is 0 Å². The van der Waals surface area contributed by atoms with Gasteiger partial charge in [-0.1, -0.05) is 24.3 Å². The van der Waals surface area contributed by atoms with Gasteiger partial charge in [0.05, 0.1) is 11.1 Å². The number of aryl methyl sites for hydroxylation is 1. The van der Waals surface area contributed by atoms with Gasteiger partial charge in [0, 0.05) is 17.5 Å². The predicted molar refractivity (Wildman–Crippen MR) is 73.9 cm³/mol. The third-order valence-electron chi connectivity index (χ3n) is 3.40. The lowest BCUT2D eigenvalue weighted by Gasteiger charge is -2.10. The van der Waals surface area contributed by atoms with E-state index < -0.39 is 6.10 Å². The second-order valence-electron chi connectivity index (χ2n) is 5.04. The summed E-state index contributed by atoms with van der Waals surface area (Å²) in [7, 11) is 0. The van der Waals surface area contributed by atoms with E-state index in [4.69, 9.17) is 0 Å². The van der Waals surface area contributed by atoms with E-state index >= 15 is 0 Å². The van der Waals surface area contributed by atoms with Gasteiger partial charge in [-0.2, -0.15) is 0 Å². The summed E-state index contributed by atoms with van der Waals surface area (Å²) in [6.45, 7) is 1.98. The molecule has 0 radical (unpaired) electrons. The maximum absolute atomic E-state index is 10.2. The zero-order chi connectivity index (χ0) is 12.5. The van der Waals surface area contributed by atoms with Gasteiger partial charge in [-0.15, -0.1) is 11.3 Å². The lowest BCUT2D eigenvalue weighted by molar-refractivity contribution is 0.178. The number of thiazole rings is 1. The third kappa shape index (κ3) is 2.62. The quantitative estimate of drug-likeness (QED) is 0.910. The van der Waals surface area contributed by atoms with Crippen LogP contribution < -0.4 is 0 Å². The second kappa shape index (κ2) is 4.82. The number of hydrogen-bond acceptors (Lipinski definition) is 3. The molecule has 1 aliphatic rings. The zero-order valence-corrected chi connectivity index (χ0v) is 11.3. The lowest BCUT2D eigenvalue weighted by Crippen LogP contribution is -2.01. The first kappa shape index (κ1) is 11.9. The Labute approximate surface area is 111 Å². The molecule has 0 bridgehead atoms. The monoisotopic (exact) mass is 259 g/mol. The van der Waals surface area contributed by atoms with Crippen LogP contribution in [0.15, 0.2) is 29.6 Å². The van der Waals surface area contributed by atoms with Crippen LogP contribution in [0.4, 0.5) is 0 Å². The number of aromatic nitrogens is 1. The van der Waals surface area contributed by atoms with Crippen LogP contribution in [0.2, 0.25) is 0 Å². The van der Waals surface area contributed by atoms with Crippen molar-refractivity contribution in [1.29, 1.82) is 0 Å². The summed E-state index contributed by atoms with van der Waals surface area (Å²) in [5, 5.41) is 13.2. The Morgan fingerprint density at radius 2 is 2.06 bits per heavy atom. The van der Waals surface area contributed by atoms with E-state index in [9.17, 15) is 5.11 Å². The van der Waals surface area contributed by atoms with Crippen LogP contribution in [-0.4, -0.2) is 10.1 Å². The van der Waals surface area contributed by atoms with Crippen LogP contribution in [0.1, 0.15) is 46.7 Å². The molecule has 1 heterocycles. The standard InChI is InChI=1S/C15H17NOS/c1-10-9-18-15(16-10)8-14(17)13-6-4-12(5-7-13)11-2-3-11/h4-7,9,11,14,17H,2-3,8H2,1H3. The molecule has 0 amide bonds. The summed E-state index contributed by atoms with van der Waals surface area (Å²) >= 11 is 1.62. The number of benzene rings is 1. The Morgan fingerprint density at radius 1 is 1.33 bits per heavy atom. The SMILES string of the molecule is Cc1csc(CC(O)c2ccc(C3CC3)cc2)n1. The van der Waals surface area contributed by atoms with Crippen LogP contribution in [0.5, 0.6) is 0 Å². The molecular formula is C15H17NOS. The van der Waals surface area contributed by atoms with Crippen molar-refractivity contribution in [1.82, 2.24) is 4.98 Å². The summed E-state index contributed by atoms with van der Waals surface area (Å²) in [4.78, 5) is 4.39. The second-order valence-corrected chi connectivity index (χ2v) is 5.99. The van der Waals surface area contributed by atoms with E-state index in [0.717, 1.165) is 22.2 Å². The maximum atomic E-state index is 10.2. The topological polar surface area (TPSA) is 33.1 Å². The number of hydrogen-bond donors (Lipinski definition) is 1. The molecule has 1 aliphatic carbocycles. The van der Waals surface area contributed by atoms with Gasteiger partial charge in [-0.25, -0.2) is 4.98 Å². The van der Waals surface area contributed by atoms with Gasteiger partial charge >= 0.3 is 0 Å². The minimum absolute atomic E-state index is 0.441. The normalized spacial score (nSPS) is 16.8. The minimum Gasteiger partial charge on any atom is -0.388 e. The zero-order valence-electron chi connectivity index (χ0n) is 10.5. The van der Waals surface area contributed by atoms with Crippen molar-refractivity contribution in [2.45, 2.75) is 38.2 Å². The minimum atomic E-state index is -0.441. The van der Waals surface area contributed by atoms with Crippen LogP contribution >= 0.6 is 11.3 Å². The largest absolute Gasteiger partial charge is 0.388 e. The predicted octanol–water partition coefficient (Wildman–Crippen LogP) is 3.61. The van der Waals surface area contributed by atoms with Gasteiger partial charge in [-0.05, 0) is 36.8 Å². The molecule has 1 aromatic carbocycles. The van der Waals surface area contributed by atoms with Crippen molar-refractivity contribution in [2.24, 2.45) is 0 Å². The molecule has 1 unspecified atom stereocenters. The molecule has 2 nitrogen and oxygen atoms in total. The molecule has 0 spiro atoms. The van der Waals surface area contributed by atoms with Crippen molar-refractivity contribution in [3.05, 3.63) is 51.5 Å². The van der Waals surface area contributed by atoms with Crippen molar-refractivity contribution < 1.29 is 5.11 Å². The number of nitrogens with zero attached hydrogens (tertiary/aromatic N) is 1. The molecule has 3 heteroatoms. The Balaban J connectivity index is 1.69. The lowest BCUT2D eigenvalue weighted by atomic mass is 10.0. The van der Waals surface area contributed by atoms with E-state index in [-0.39, 0.29) is 0 Å². The van der Waals surface area contributed by atoms with Crippen LogP contribution in [0, 0.1) is 6.92 Å². The summed E-state index contributed by atoms with van der Waals surface area (Å²) in [6.07, 6.45) is 2.81. The highest BCUT2D eigenvalue weighted by Crippen LogP contribution is 2.40. The Bertz CT molecular complexity index is 528. The molecule has 1 fully saturated rings. The van der Waals surface area contributed by atoms with Gasteiger partial charge in [0.1, 0.15) is 0 Å². The highest BCUT2D eigenvalue weighted by Gasteiger charge is 2.23. The van der Waals surface area contributed by atoms with Gasteiger partial charge in [0.25, 0.3) is 0 Å². The van der Waals surface area contributed by atoms with E-state index in [1.807, 2.05) is 12.3 Å². The Hall–Kier alpha value is -1.19. The van der Waals surface area contributed by atoms with Crippen LogP contribution in [-0.2, 0) is 6.42 Å². The van der Waals surface area contributed by atoms with Crippen molar-refractivity contribution >= 4 is 11.3 Å². The molecule has 3 rings (SSSR count). The molecule has 94 valence electrons. The highest BCUT2D eigenvalue weighted by molar-refractivity contribution is 7.09. The summed E-state index contributed by atoms with van der Waals surface area (Å²) in [5.41, 5.74) is 3.44. The van der Waals surface area contributed by atoms with Gasteiger partial charge in [0.15, 0.2) is 0 Å². The summed E-state index contributed by atoms with van der Waals surface area (Å²) in [6, 6.07) is 8.42. The highest BCUT2D eigenvalue weighted by atomic mass is 32.1. The number of aliphatic hydroxyl groups is 1. The average molecular weight is 259 g/mol. The first-order valence-electron chi connectivity index (χ1n) is 6.41. The third-order valence-corrected chi connectivity index (χ3v) is 4.39. The smallest absolute Gasteiger partial charge is 0.0957 e. The van der Waals surface area contributed by atoms with Crippen LogP contribution in [0.3, 0.4) is 0 Å². The van der Waals surface area contributed by atoms with Crippen LogP contribution in [0.25, 0.3) is 0 Å². The fourth-order valence-electron chi connectivity index (χ4n) is 2.19. The summed E-state index contributed by atoms with van der Waals surface area (Å²) < 4.78 is 0.